The second-order valence-electron chi connectivity index (χ2n) is 6.82. The molecule has 1 aromatic heterocycles. The third kappa shape index (κ3) is 3.41. The van der Waals surface area contributed by atoms with Gasteiger partial charge in [-0.3, -0.25) is 9.59 Å². The van der Waals surface area contributed by atoms with Crippen LogP contribution in [0.4, 0.5) is 13.2 Å². The van der Waals surface area contributed by atoms with Gasteiger partial charge in [0, 0.05) is 24.5 Å². The van der Waals surface area contributed by atoms with Crippen molar-refractivity contribution in [3.63, 3.8) is 0 Å². The number of hydrogen-bond donors (Lipinski definition) is 1. The van der Waals surface area contributed by atoms with Crippen LogP contribution in [0, 0.1) is 0 Å². The number of rotatable bonds is 3. The van der Waals surface area contributed by atoms with Crippen LogP contribution in [-0.2, 0) is 16.0 Å². The Kier molecular flexibility index (Phi) is 4.16. The lowest BCUT2D eigenvalue weighted by Crippen LogP contribution is -2.55. The van der Waals surface area contributed by atoms with Crippen LogP contribution in [0.2, 0.25) is 0 Å². The van der Waals surface area contributed by atoms with E-state index in [1.165, 1.54) is 12.1 Å². The molecule has 0 aliphatic carbocycles. The molecular formula is C18H17F3N4O2. The first-order valence-electron chi connectivity index (χ1n) is 8.58. The van der Waals surface area contributed by atoms with Gasteiger partial charge in [-0.15, -0.1) is 0 Å². The van der Waals surface area contributed by atoms with E-state index in [0.29, 0.717) is 24.4 Å². The van der Waals surface area contributed by atoms with E-state index in [1.807, 2.05) is 4.57 Å². The molecule has 2 saturated heterocycles. The highest BCUT2D eigenvalue weighted by atomic mass is 19.4. The SMILES string of the molecule is O=C1NCC(=O)N2C[C@H](n3ccnc3-c3cccc(CC(F)(F)F)c3)C[C@@H]12. The third-order valence-electron chi connectivity index (χ3n) is 4.97. The van der Waals surface area contributed by atoms with Crippen molar-refractivity contribution in [1.82, 2.24) is 19.8 Å². The number of aromatic nitrogens is 2. The molecule has 0 saturated carbocycles. The number of amides is 2. The fraction of sp³-hybridized carbons (Fsp3) is 0.389. The standard InChI is InChI=1S/C18H17F3N4O2/c19-18(20,21)8-11-2-1-3-12(6-11)16-22-4-5-24(16)13-7-14-17(27)23-9-15(26)25(14)10-13/h1-6,13-14H,7-10H2,(H,23,27)/t13-,14+/m1/s1. The lowest BCUT2D eigenvalue weighted by Gasteiger charge is -2.28. The zero-order chi connectivity index (χ0) is 19.2. The largest absolute Gasteiger partial charge is 0.393 e. The lowest BCUT2D eigenvalue weighted by molar-refractivity contribution is -0.143. The number of piperazine rings is 1. The third-order valence-corrected chi connectivity index (χ3v) is 4.97. The summed E-state index contributed by atoms with van der Waals surface area (Å²) in [4.78, 5) is 29.9. The number of halogens is 3. The van der Waals surface area contributed by atoms with Crippen LogP contribution in [0.3, 0.4) is 0 Å². The molecule has 27 heavy (non-hydrogen) atoms. The summed E-state index contributed by atoms with van der Waals surface area (Å²) in [6.45, 7) is 0.376. The van der Waals surface area contributed by atoms with E-state index in [9.17, 15) is 22.8 Å². The summed E-state index contributed by atoms with van der Waals surface area (Å²) in [5.74, 6) is 0.221. The van der Waals surface area contributed by atoms with Gasteiger partial charge in [0.05, 0.1) is 19.0 Å². The molecule has 2 atom stereocenters. The molecule has 2 aromatic rings. The normalized spacial score (nSPS) is 22.7. The number of nitrogens with one attached hydrogen (secondary N) is 1. The zero-order valence-corrected chi connectivity index (χ0v) is 14.2. The fourth-order valence-electron chi connectivity index (χ4n) is 3.80. The predicted octanol–water partition coefficient (Wildman–Crippen LogP) is 1.93. The van der Waals surface area contributed by atoms with Crippen LogP contribution in [0.1, 0.15) is 18.0 Å². The van der Waals surface area contributed by atoms with E-state index in [2.05, 4.69) is 10.3 Å². The minimum atomic E-state index is -4.28. The van der Waals surface area contributed by atoms with Crippen LogP contribution in [0.25, 0.3) is 11.4 Å². The molecule has 4 rings (SSSR count). The summed E-state index contributed by atoms with van der Waals surface area (Å²) >= 11 is 0. The van der Waals surface area contributed by atoms with Crippen molar-refractivity contribution < 1.29 is 22.8 Å². The van der Waals surface area contributed by atoms with Crippen molar-refractivity contribution in [2.24, 2.45) is 0 Å². The van der Waals surface area contributed by atoms with Crippen LogP contribution in [0.5, 0.6) is 0 Å². The summed E-state index contributed by atoms with van der Waals surface area (Å²) in [5.41, 5.74) is 0.732. The van der Waals surface area contributed by atoms with Crippen LogP contribution >= 0.6 is 0 Å². The Bertz CT molecular complexity index is 869. The number of hydrogen-bond acceptors (Lipinski definition) is 3. The lowest BCUT2D eigenvalue weighted by atomic mass is 10.1. The van der Waals surface area contributed by atoms with E-state index in [4.69, 9.17) is 0 Å². The summed E-state index contributed by atoms with van der Waals surface area (Å²) in [6, 6.07) is 5.52. The van der Waals surface area contributed by atoms with Crippen molar-refractivity contribution in [3.05, 3.63) is 42.2 Å². The van der Waals surface area contributed by atoms with E-state index in [1.54, 1.807) is 29.4 Å². The number of alkyl halides is 3. The summed E-state index contributed by atoms with van der Waals surface area (Å²) in [6.07, 6.45) is -1.53. The smallest absolute Gasteiger partial charge is 0.345 e. The molecule has 142 valence electrons. The van der Waals surface area contributed by atoms with Crippen molar-refractivity contribution in [1.29, 1.82) is 0 Å². The maximum absolute atomic E-state index is 12.7. The van der Waals surface area contributed by atoms with Gasteiger partial charge in [-0.05, 0) is 18.1 Å². The second kappa shape index (κ2) is 6.40. The monoisotopic (exact) mass is 378 g/mol. The van der Waals surface area contributed by atoms with Gasteiger partial charge >= 0.3 is 6.18 Å². The van der Waals surface area contributed by atoms with Gasteiger partial charge in [-0.25, -0.2) is 4.98 Å². The zero-order valence-electron chi connectivity index (χ0n) is 14.2. The Morgan fingerprint density at radius 1 is 1.26 bits per heavy atom. The number of fused-ring (bicyclic) bond motifs is 1. The molecule has 2 fully saturated rings. The molecule has 2 aliphatic heterocycles. The number of carbonyl (C=O) groups is 2. The Labute approximate surface area is 153 Å². The van der Waals surface area contributed by atoms with Crippen molar-refractivity contribution >= 4 is 11.8 Å². The van der Waals surface area contributed by atoms with Crippen LogP contribution < -0.4 is 5.32 Å². The Morgan fingerprint density at radius 3 is 2.81 bits per heavy atom. The summed E-state index contributed by atoms with van der Waals surface area (Å²) < 4.78 is 39.9. The number of imidazole rings is 1. The maximum Gasteiger partial charge on any atom is 0.393 e. The Balaban J connectivity index is 1.62. The summed E-state index contributed by atoms with van der Waals surface area (Å²) in [7, 11) is 0. The summed E-state index contributed by atoms with van der Waals surface area (Å²) in [5, 5.41) is 2.58. The fourth-order valence-corrected chi connectivity index (χ4v) is 3.80. The van der Waals surface area contributed by atoms with Gasteiger partial charge in [0.25, 0.3) is 0 Å². The average Bonchev–Trinajstić information content (AvgIpc) is 3.24. The molecule has 1 N–H and O–H groups in total. The molecule has 2 amide bonds. The van der Waals surface area contributed by atoms with E-state index < -0.39 is 18.6 Å². The first-order valence-corrected chi connectivity index (χ1v) is 8.58. The molecule has 0 unspecified atom stereocenters. The Morgan fingerprint density at radius 2 is 2.07 bits per heavy atom. The molecule has 3 heterocycles. The van der Waals surface area contributed by atoms with Crippen LogP contribution in [0.15, 0.2) is 36.7 Å². The van der Waals surface area contributed by atoms with Crippen molar-refractivity contribution in [3.8, 4) is 11.4 Å². The molecule has 0 bridgehead atoms. The van der Waals surface area contributed by atoms with Gasteiger partial charge in [0.1, 0.15) is 11.9 Å². The number of nitrogens with zero attached hydrogens (tertiary/aromatic N) is 3. The first kappa shape index (κ1) is 17.6. The predicted molar refractivity (Wildman–Crippen MR) is 89.6 cm³/mol. The highest BCUT2D eigenvalue weighted by molar-refractivity contribution is 5.95. The highest BCUT2D eigenvalue weighted by Gasteiger charge is 2.43. The van der Waals surface area contributed by atoms with Gasteiger partial charge in [-0.2, -0.15) is 13.2 Å². The molecule has 1 aromatic carbocycles. The number of carbonyl (C=O) groups excluding carboxylic acids is 2. The number of benzene rings is 1. The van der Waals surface area contributed by atoms with Crippen LogP contribution in [-0.4, -0.2) is 51.6 Å². The molecule has 6 nitrogen and oxygen atoms in total. The van der Waals surface area contributed by atoms with Crippen molar-refractivity contribution in [2.45, 2.75) is 31.1 Å². The quantitative estimate of drug-likeness (QED) is 0.888. The molecule has 2 aliphatic rings. The molecule has 0 spiro atoms. The van der Waals surface area contributed by atoms with E-state index in [0.717, 1.165) is 0 Å². The van der Waals surface area contributed by atoms with Crippen molar-refractivity contribution in [2.75, 3.05) is 13.1 Å². The topological polar surface area (TPSA) is 67.2 Å². The maximum atomic E-state index is 12.7. The minimum Gasteiger partial charge on any atom is -0.345 e. The molecule has 9 heteroatoms. The highest BCUT2D eigenvalue weighted by Crippen LogP contribution is 2.33. The van der Waals surface area contributed by atoms with E-state index in [-0.39, 0.29) is 30.0 Å². The van der Waals surface area contributed by atoms with Gasteiger partial charge in [0.2, 0.25) is 11.8 Å². The minimum absolute atomic E-state index is 0.00166. The second-order valence-corrected chi connectivity index (χ2v) is 6.82. The molecular weight excluding hydrogens is 361 g/mol. The van der Waals surface area contributed by atoms with Gasteiger partial charge in [0.15, 0.2) is 0 Å². The van der Waals surface area contributed by atoms with Gasteiger partial charge in [-0.1, -0.05) is 18.2 Å². The molecule has 0 radical (unpaired) electrons. The van der Waals surface area contributed by atoms with E-state index >= 15 is 0 Å². The Hall–Kier alpha value is -2.84. The van der Waals surface area contributed by atoms with Gasteiger partial charge < -0.3 is 14.8 Å². The first-order chi connectivity index (χ1) is 12.8. The average molecular weight is 378 g/mol.